The van der Waals surface area contributed by atoms with Crippen LogP contribution in [0.15, 0.2) is 49.0 Å². The molecule has 0 spiro atoms. The summed E-state index contributed by atoms with van der Waals surface area (Å²) in [6, 6.07) is 12.8. The third-order valence-electron chi connectivity index (χ3n) is 4.24. The number of nitrogen functional groups attached to an aromatic ring is 1. The van der Waals surface area contributed by atoms with Gasteiger partial charge < -0.3 is 15.0 Å². The zero-order valence-electron chi connectivity index (χ0n) is 14.7. The van der Waals surface area contributed by atoms with Crippen LogP contribution in [-0.2, 0) is 10.0 Å². The molecule has 3 aromatic rings. The normalized spacial score (nSPS) is 11.5. The van der Waals surface area contributed by atoms with E-state index in [1.54, 1.807) is 32.4 Å². The van der Waals surface area contributed by atoms with E-state index in [-0.39, 0.29) is 5.75 Å². The first-order valence-corrected chi connectivity index (χ1v) is 9.76. The highest BCUT2D eigenvalue weighted by molar-refractivity contribution is 7.92. The molecule has 0 aliphatic carbocycles. The van der Waals surface area contributed by atoms with E-state index in [9.17, 15) is 8.42 Å². The van der Waals surface area contributed by atoms with E-state index >= 15 is 0 Å². The second-order valence-corrected chi connectivity index (χ2v) is 7.79. The second-order valence-electron chi connectivity index (χ2n) is 5.78. The molecule has 26 heavy (non-hydrogen) atoms. The van der Waals surface area contributed by atoms with Gasteiger partial charge in [-0.3, -0.25) is 4.72 Å². The highest BCUT2D eigenvalue weighted by Crippen LogP contribution is 2.38. The van der Waals surface area contributed by atoms with Gasteiger partial charge in [0.25, 0.3) is 0 Å². The van der Waals surface area contributed by atoms with Gasteiger partial charge in [0.05, 0.1) is 29.8 Å². The van der Waals surface area contributed by atoms with Crippen molar-refractivity contribution < 1.29 is 13.2 Å². The summed E-state index contributed by atoms with van der Waals surface area (Å²) in [6.07, 6.45) is 1.70. The summed E-state index contributed by atoms with van der Waals surface area (Å²) in [5.74, 6) is 0.753. The highest BCUT2D eigenvalue weighted by Gasteiger charge is 2.16. The molecule has 0 fully saturated rings. The number of sulfonamides is 1. The maximum absolute atomic E-state index is 11.7. The van der Waals surface area contributed by atoms with Crippen molar-refractivity contribution in [2.75, 3.05) is 23.3 Å². The maximum atomic E-state index is 11.7. The van der Waals surface area contributed by atoms with E-state index in [1.807, 2.05) is 34.9 Å². The van der Waals surface area contributed by atoms with Crippen LogP contribution in [0.3, 0.4) is 0 Å². The number of rotatable bonds is 6. The van der Waals surface area contributed by atoms with Crippen molar-refractivity contribution in [3.63, 3.8) is 0 Å². The van der Waals surface area contributed by atoms with Crippen molar-refractivity contribution in [2.24, 2.45) is 0 Å². The Kier molecular flexibility index (Phi) is 4.65. The zero-order valence-corrected chi connectivity index (χ0v) is 15.5. The minimum atomic E-state index is -3.31. The number of hydrogen-bond donors (Lipinski definition) is 2. The molecule has 0 bridgehead atoms. The fourth-order valence-corrected chi connectivity index (χ4v) is 3.51. The Hall–Kier alpha value is -2.93. The van der Waals surface area contributed by atoms with Gasteiger partial charge in [-0.25, -0.2) is 8.42 Å². The van der Waals surface area contributed by atoms with E-state index in [0.717, 1.165) is 27.9 Å². The Morgan fingerprint density at radius 2 is 1.92 bits per heavy atom. The first kappa shape index (κ1) is 17.9. The van der Waals surface area contributed by atoms with Crippen molar-refractivity contribution in [1.29, 1.82) is 0 Å². The number of nitrogens with one attached hydrogen (secondary N) is 1. The van der Waals surface area contributed by atoms with Crippen molar-refractivity contribution in [1.82, 2.24) is 4.57 Å². The molecule has 3 rings (SSSR count). The van der Waals surface area contributed by atoms with Crippen LogP contribution in [-0.4, -0.2) is 25.8 Å². The van der Waals surface area contributed by atoms with E-state index < -0.39 is 10.0 Å². The third kappa shape index (κ3) is 3.13. The molecule has 3 N–H and O–H groups in total. The van der Waals surface area contributed by atoms with E-state index in [1.165, 1.54) is 0 Å². The van der Waals surface area contributed by atoms with Crippen LogP contribution in [0.1, 0.15) is 6.92 Å². The highest BCUT2D eigenvalue weighted by atomic mass is 32.2. The molecule has 0 aliphatic heterocycles. The Bertz CT molecular complexity index is 1070. The van der Waals surface area contributed by atoms with E-state index in [0.29, 0.717) is 11.4 Å². The molecular weight excluding hydrogens is 350 g/mol. The van der Waals surface area contributed by atoms with Gasteiger partial charge in [0.1, 0.15) is 5.75 Å². The molecule has 2 aromatic carbocycles. The number of aromatic nitrogens is 1. The number of benzene rings is 2. The summed E-state index contributed by atoms with van der Waals surface area (Å²) < 4.78 is 33.1. The summed E-state index contributed by atoms with van der Waals surface area (Å²) in [5.41, 5.74) is 10.1. The zero-order chi connectivity index (χ0) is 18.9. The molecule has 1 heterocycles. The predicted molar refractivity (Wildman–Crippen MR) is 108 cm³/mol. The quantitative estimate of drug-likeness (QED) is 0.691. The Balaban J connectivity index is 2.10. The molecule has 0 atom stereocenters. The molecule has 6 nitrogen and oxygen atoms in total. The van der Waals surface area contributed by atoms with Gasteiger partial charge in [0.2, 0.25) is 10.0 Å². The molecule has 0 unspecified atom stereocenters. The molecule has 0 amide bonds. The molecule has 0 saturated carbocycles. The number of fused-ring (bicyclic) bond motifs is 1. The van der Waals surface area contributed by atoms with Gasteiger partial charge >= 0.3 is 0 Å². The number of hydrogen-bond acceptors (Lipinski definition) is 4. The Morgan fingerprint density at radius 1 is 1.23 bits per heavy atom. The Labute approximate surface area is 152 Å². The number of nitrogens with two attached hydrogens (primary N) is 1. The minimum Gasteiger partial charge on any atom is -0.497 e. The van der Waals surface area contributed by atoms with Crippen LogP contribution in [0.2, 0.25) is 0 Å². The maximum Gasteiger partial charge on any atom is 0.232 e. The fraction of sp³-hybridized carbons (Fsp3) is 0.158. The van der Waals surface area contributed by atoms with E-state index in [4.69, 9.17) is 10.5 Å². The summed E-state index contributed by atoms with van der Waals surface area (Å²) in [5, 5.41) is 0.900. The fourth-order valence-electron chi connectivity index (χ4n) is 2.88. The summed E-state index contributed by atoms with van der Waals surface area (Å²) in [7, 11) is -1.70. The Morgan fingerprint density at radius 3 is 2.50 bits per heavy atom. The minimum absolute atomic E-state index is 0.0221. The smallest absolute Gasteiger partial charge is 0.232 e. The molecule has 136 valence electrons. The van der Waals surface area contributed by atoms with Crippen LogP contribution in [0.25, 0.3) is 28.4 Å². The van der Waals surface area contributed by atoms with Crippen LogP contribution >= 0.6 is 0 Å². The lowest BCUT2D eigenvalue weighted by Crippen LogP contribution is -2.14. The first-order valence-electron chi connectivity index (χ1n) is 8.11. The SMILES string of the molecule is C=Cn1c(-c2ccc(NS(=O)(=O)CC)cc2)c(N)c2ccc(OC)cc21. The van der Waals surface area contributed by atoms with E-state index in [2.05, 4.69) is 11.3 Å². The number of methoxy groups -OCH3 is 1. The number of ether oxygens (including phenoxy) is 1. The molecule has 7 heteroatoms. The predicted octanol–water partition coefficient (Wildman–Crippen LogP) is 3.76. The lowest BCUT2D eigenvalue weighted by Gasteiger charge is -2.09. The van der Waals surface area contributed by atoms with Crippen LogP contribution in [0, 0.1) is 0 Å². The van der Waals surface area contributed by atoms with Crippen molar-refractivity contribution in [2.45, 2.75) is 6.92 Å². The number of nitrogens with zero attached hydrogens (tertiary/aromatic N) is 1. The summed E-state index contributed by atoms with van der Waals surface area (Å²) in [4.78, 5) is 0. The lowest BCUT2D eigenvalue weighted by molar-refractivity contribution is 0.415. The molecular formula is C19H21N3O3S. The number of anilines is 2. The van der Waals surface area contributed by atoms with Crippen LogP contribution in [0.5, 0.6) is 5.75 Å². The molecule has 0 aliphatic rings. The lowest BCUT2D eigenvalue weighted by atomic mass is 10.1. The van der Waals surface area contributed by atoms with Crippen LogP contribution < -0.4 is 15.2 Å². The van der Waals surface area contributed by atoms with Gasteiger partial charge in [-0.15, -0.1) is 0 Å². The largest absolute Gasteiger partial charge is 0.497 e. The van der Waals surface area contributed by atoms with Crippen molar-refractivity contribution >= 4 is 38.5 Å². The van der Waals surface area contributed by atoms with Gasteiger partial charge in [-0.2, -0.15) is 0 Å². The van der Waals surface area contributed by atoms with Crippen molar-refractivity contribution in [3.05, 3.63) is 49.0 Å². The molecule has 0 saturated heterocycles. The van der Waals surface area contributed by atoms with Gasteiger partial charge in [-0.05, 0) is 31.2 Å². The third-order valence-corrected chi connectivity index (χ3v) is 5.55. The molecule has 1 aromatic heterocycles. The van der Waals surface area contributed by atoms with Gasteiger partial charge in [0.15, 0.2) is 0 Å². The standard InChI is InChI=1S/C19H21N3O3S/c1-4-22-17-12-15(25-3)10-11-16(17)18(20)19(22)13-6-8-14(9-7-13)21-26(23,24)5-2/h4,6-12,21H,1,5,20H2,2-3H3. The average molecular weight is 371 g/mol. The monoisotopic (exact) mass is 371 g/mol. The van der Waals surface area contributed by atoms with Crippen molar-refractivity contribution in [3.8, 4) is 17.0 Å². The average Bonchev–Trinajstić information content (AvgIpc) is 2.93. The first-order chi connectivity index (χ1) is 12.4. The topological polar surface area (TPSA) is 86.4 Å². The second kappa shape index (κ2) is 6.76. The van der Waals surface area contributed by atoms with Gasteiger partial charge in [-0.1, -0.05) is 18.7 Å². The van der Waals surface area contributed by atoms with Gasteiger partial charge in [0, 0.05) is 28.9 Å². The molecule has 0 radical (unpaired) electrons. The summed E-state index contributed by atoms with van der Waals surface area (Å²) >= 11 is 0. The van der Waals surface area contributed by atoms with Crippen LogP contribution in [0.4, 0.5) is 11.4 Å². The summed E-state index contributed by atoms with van der Waals surface area (Å²) in [6.45, 7) is 5.48.